The SMILES string of the molecule is CC1CC(c2ccc(F)cc2)CN1C(=O)c1ccc(CN)cc1.Cl. The second-order valence-corrected chi connectivity index (χ2v) is 6.19. The fourth-order valence-corrected chi connectivity index (χ4v) is 3.24. The average Bonchev–Trinajstić information content (AvgIpc) is 2.96. The fraction of sp³-hybridized carbons (Fsp3) is 0.316. The van der Waals surface area contributed by atoms with Crippen molar-refractivity contribution in [2.75, 3.05) is 6.54 Å². The van der Waals surface area contributed by atoms with Gasteiger partial charge >= 0.3 is 0 Å². The normalized spacial score (nSPS) is 19.9. The van der Waals surface area contributed by atoms with Crippen LogP contribution in [0.25, 0.3) is 0 Å². The van der Waals surface area contributed by atoms with Crippen molar-refractivity contribution >= 4 is 18.3 Å². The van der Waals surface area contributed by atoms with Gasteiger partial charge in [-0.05, 0) is 48.7 Å². The van der Waals surface area contributed by atoms with Crippen molar-refractivity contribution in [3.8, 4) is 0 Å². The summed E-state index contributed by atoms with van der Waals surface area (Å²) in [7, 11) is 0. The molecule has 1 aliphatic rings. The lowest BCUT2D eigenvalue weighted by atomic mass is 9.97. The summed E-state index contributed by atoms with van der Waals surface area (Å²) < 4.78 is 13.1. The number of carbonyl (C=O) groups is 1. The molecule has 0 bridgehead atoms. The quantitative estimate of drug-likeness (QED) is 0.918. The molecule has 2 aromatic rings. The maximum Gasteiger partial charge on any atom is 0.254 e. The first kappa shape index (κ1) is 18.4. The van der Waals surface area contributed by atoms with Crippen LogP contribution in [-0.2, 0) is 6.54 Å². The van der Waals surface area contributed by atoms with E-state index in [4.69, 9.17) is 5.73 Å². The van der Waals surface area contributed by atoms with E-state index in [1.54, 1.807) is 0 Å². The molecule has 0 radical (unpaired) electrons. The molecule has 1 fully saturated rings. The lowest BCUT2D eigenvalue weighted by Crippen LogP contribution is -2.33. The van der Waals surface area contributed by atoms with Gasteiger partial charge in [-0.1, -0.05) is 24.3 Å². The molecule has 2 N–H and O–H groups in total. The molecular weight excluding hydrogens is 327 g/mol. The molecule has 2 unspecified atom stereocenters. The van der Waals surface area contributed by atoms with E-state index in [0.29, 0.717) is 18.7 Å². The van der Waals surface area contributed by atoms with Crippen LogP contribution in [0.15, 0.2) is 48.5 Å². The van der Waals surface area contributed by atoms with Gasteiger partial charge in [-0.3, -0.25) is 4.79 Å². The summed E-state index contributed by atoms with van der Waals surface area (Å²) in [5.74, 6) is 0.0799. The summed E-state index contributed by atoms with van der Waals surface area (Å²) in [6.45, 7) is 3.21. The monoisotopic (exact) mass is 348 g/mol. The maximum atomic E-state index is 13.1. The van der Waals surface area contributed by atoms with E-state index < -0.39 is 0 Å². The van der Waals surface area contributed by atoms with Crippen LogP contribution >= 0.6 is 12.4 Å². The molecule has 0 spiro atoms. The first-order valence-electron chi connectivity index (χ1n) is 7.94. The Morgan fingerprint density at radius 1 is 1.17 bits per heavy atom. The van der Waals surface area contributed by atoms with Crippen molar-refractivity contribution in [2.45, 2.75) is 31.8 Å². The van der Waals surface area contributed by atoms with E-state index in [2.05, 4.69) is 6.92 Å². The Hall–Kier alpha value is -1.91. The number of benzene rings is 2. The van der Waals surface area contributed by atoms with Crippen LogP contribution in [0, 0.1) is 5.82 Å². The molecule has 0 aliphatic carbocycles. The van der Waals surface area contributed by atoms with Gasteiger partial charge in [0.05, 0.1) is 0 Å². The number of nitrogens with two attached hydrogens (primary N) is 1. The number of carbonyl (C=O) groups excluding carboxylic acids is 1. The standard InChI is InChI=1S/C19H21FN2O.ClH/c1-13-10-17(15-6-8-18(20)9-7-15)12-22(13)19(23)16-4-2-14(11-21)3-5-16;/h2-9,13,17H,10-12,21H2,1H3;1H. The zero-order valence-electron chi connectivity index (χ0n) is 13.6. The minimum Gasteiger partial charge on any atom is -0.335 e. The first-order chi connectivity index (χ1) is 11.1. The zero-order valence-corrected chi connectivity index (χ0v) is 14.4. The Bertz CT molecular complexity index is 688. The van der Waals surface area contributed by atoms with Crippen LogP contribution in [0.2, 0.25) is 0 Å². The minimum absolute atomic E-state index is 0. The van der Waals surface area contributed by atoms with Crippen LogP contribution in [0.1, 0.15) is 40.7 Å². The highest BCUT2D eigenvalue weighted by atomic mass is 35.5. The van der Waals surface area contributed by atoms with Crippen molar-refractivity contribution in [3.63, 3.8) is 0 Å². The molecule has 3 rings (SSSR count). The minimum atomic E-state index is -0.229. The second kappa shape index (κ2) is 7.77. The number of halogens is 2. The third kappa shape index (κ3) is 3.77. The maximum absolute atomic E-state index is 13.1. The highest BCUT2D eigenvalue weighted by molar-refractivity contribution is 5.94. The number of nitrogens with zero attached hydrogens (tertiary/aromatic N) is 1. The molecule has 128 valence electrons. The fourth-order valence-electron chi connectivity index (χ4n) is 3.24. The number of likely N-dealkylation sites (tertiary alicyclic amines) is 1. The molecule has 3 nitrogen and oxygen atoms in total. The molecule has 5 heteroatoms. The van der Waals surface area contributed by atoms with E-state index in [-0.39, 0.29) is 36.1 Å². The van der Waals surface area contributed by atoms with Crippen molar-refractivity contribution in [3.05, 3.63) is 71.0 Å². The number of hydrogen-bond donors (Lipinski definition) is 1. The van der Waals surface area contributed by atoms with Gasteiger partial charge in [0.25, 0.3) is 5.91 Å². The van der Waals surface area contributed by atoms with Gasteiger partial charge in [0.15, 0.2) is 0 Å². The van der Waals surface area contributed by atoms with Crippen LogP contribution in [0.5, 0.6) is 0 Å². The van der Waals surface area contributed by atoms with Crippen molar-refractivity contribution in [1.82, 2.24) is 4.90 Å². The van der Waals surface area contributed by atoms with E-state index in [1.165, 1.54) is 12.1 Å². The highest BCUT2D eigenvalue weighted by Gasteiger charge is 2.33. The van der Waals surface area contributed by atoms with Crippen LogP contribution < -0.4 is 5.73 Å². The molecule has 2 aromatic carbocycles. The smallest absolute Gasteiger partial charge is 0.254 e. The molecule has 1 heterocycles. The summed E-state index contributed by atoms with van der Waals surface area (Å²) in [5, 5.41) is 0. The molecule has 0 saturated carbocycles. The van der Waals surface area contributed by atoms with Gasteiger partial charge in [0.2, 0.25) is 0 Å². The van der Waals surface area contributed by atoms with Crippen LogP contribution in [0.4, 0.5) is 4.39 Å². The topological polar surface area (TPSA) is 46.3 Å². The lowest BCUT2D eigenvalue weighted by molar-refractivity contribution is 0.0746. The first-order valence-corrected chi connectivity index (χ1v) is 7.94. The van der Waals surface area contributed by atoms with Crippen molar-refractivity contribution in [2.24, 2.45) is 5.73 Å². The van der Waals surface area contributed by atoms with Gasteiger partial charge < -0.3 is 10.6 Å². The van der Waals surface area contributed by atoms with Crippen LogP contribution in [0.3, 0.4) is 0 Å². The second-order valence-electron chi connectivity index (χ2n) is 6.19. The van der Waals surface area contributed by atoms with E-state index in [0.717, 1.165) is 17.5 Å². The third-order valence-corrected chi connectivity index (χ3v) is 4.61. The molecule has 0 aromatic heterocycles. The molecule has 1 amide bonds. The van der Waals surface area contributed by atoms with Crippen molar-refractivity contribution < 1.29 is 9.18 Å². The largest absolute Gasteiger partial charge is 0.335 e. The summed E-state index contributed by atoms with van der Waals surface area (Å²) >= 11 is 0. The van der Waals surface area contributed by atoms with Gasteiger partial charge in [0, 0.05) is 30.6 Å². The summed E-state index contributed by atoms with van der Waals surface area (Å²) in [5.41, 5.74) is 8.38. The molecule has 1 saturated heterocycles. The Kier molecular flexibility index (Phi) is 5.97. The van der Waals surface area contributed by atoms with Gasteiger partial charge in [-0.25, -0.2) is 4.39 Å². The lowest BCUT2D eigenvalue weighted by Gasteiger charge is -2.21. The Labute approximate surface area is 148 Å². The van der Waals surface area contributed by atoms with E-state index in [1.807, 2.05) is 41.3 Å². The molecular formula is C19H22ClFN2O. The van der Waals surface area contributed by atoms with Gasteiger partial charge in [0.1, 0.15) is 5.82 Å². The van der Waals surface area contributed by atoms with E-state index >= 15 is 0 Å². The van der Waals surface area contributed by atoms with Crippen LogP contribution in [-0.4, -0.2) is 23.4 Å². The number of hydrogen-bond acceptors (Lipinski definition) is 2. The Morgan fingerprint density at radius 2 is 1.79 bits per heavy atom. The number of rotatable bonds is 3. The van der Waals surface area contributed by atoms with E-state index in [9.17, 15) is 9.18 Å². The Morgan fingerprint density at radius 3 is 2.38 bits per heavy atom. The van der Waals surface area contributed by atoms with Crippen molar-refractivity contribution in [1.29, 1.82) is 0 Å². The summed E-state index contributed by atoms with van der Waals surface area (Å²) in [4.78, 5) is 14.6. The highest BCUT2D eigenvalue weighted by Crippen LogP contribution is 2.32. The third-order valence-electron chi connectivity index (χ3n) is 4.61. The van der Waals surface area contributed by atoms with Gasteiger partial charge in [-0.15, -0.1) is 12.4 Å². The number of amides is 1. The molecule has 2 atom stereocenters. The van der Waals surface area contributed by atoms with Gasteiger partial charge in [-0.2, -0.15) is 0 Å². The summed E-state index contributed by atoms with van der Waals surface area (Å²) in [6, 6.07) is 14.2. The molecule has 1 aliphatic heterocycles. The Balaban J connectivity index is 0.00000208. The summed E-state index contributed by atoms with van der Waals surface area (Å²) in [6.07, 6.45) is 0.901. The predicted molar refractivity (Wildman–Crippen MR) is 95.8 cm³/mol. The average molecular weight is 349 g/mol. The molecule has 24 heavy (non-hydrogen) atoms. The zero-order chi connectivity index (χ0) is 16.4. The predicted octanol–water partition coefficient (Wildman–Crippen LogP) is 3.72.